The highest BCUT2D eigenvalue weighted by molar-refractivity contribution is 5.86. The molecule has 0 N–H and O–H groups in total. The van der Waals surface area contributed by atoms with Crippen LogP contribution in [0, 0.1) is 0 Å². The Morgan fingerprint density at radius 1 is 1.35 bits per heavy atom. The van der Waals surface area contributed by atoms with Crippen LogP contribution in [0.3, 0.4) is 0 Å². The van der Waals surface area contributed by atoms with Crippen LogP contribution in [0.25, 0.3) is 0 Å². The van der Waals surface area contributed by atoms with Crippen LogP contribution in [0.15, 0.2) is 40.8 Å². The van der Waals surface area contributed by atoms with Crippen molar-refractivity contribution in [3.63, 3.8) is 0 Å². The highest BCUT2D eigenvalue weighted by Crippen LogP contribution is 2.33. The van der Waals surface area contributed by atoms with Gasteiger partial charge in [-0.3, -0.25) is 0 Å². The van der Waals surface area contributed by atoms with Gasteiger partial charge in [0.25, 0.3) is 0 Å². The van der Waals surface area contributed by atoms with E-state index >= 15 is 0 Å². The van der Waals surface area contributed by atoms with Crippen molar-refractivity contribution in [2.24, 2.45) is 0 Å². The van der Waals surface area contributed by atoms with Crippen LogP contribution in [0.2, 0.25) is 0 Å². The number of furan rings is 1. The second-order valence-electron chi connectivity index (χ2n) is 5.07. The first-order valence-corrected chi connectivity index (χ1v) is 6.70. The van der Waals surface area contributed by atoms with Crippen molar-refractivity contribution in [1.29, 1.82) is 0 Å². The van der Waals surface area contributed by atoms with E-state index in [1.54, 1.807) is 6.07 Å². The maximum atomic E-state index is 11.4. The minimum atomic E-state index is -0.439. The van der Waals surface area contributed by atoms with E-state index < -0.39 is 5.97 Å². The van der Waals surface area contributed by atoms with Crippen molar-refractivity contribution in [2.45, 2.75) is 25.9 Å². The number of rotatable bonds is 3. The number of para-hydroxylation sites is 1. The lowest BCUT2D eigenvalue weighted by Crippen LogP contribution is -2.28. The number of carbonyl (C=O) groups is 1. The molecule has 2 aromatic rings. The van der Waals surface area contributed by atoms with Gasteiger partial charge in [-0.2, -0.15) is 0 Å². The first-order chi connectivity index (χ1) is 9.69. The quantitative estimate of drug-likeness (QED) is 0.805. The summed E-state index contributed by atoms with van der Waals surface area (Å²) in [6.45, 7) is 2.86. The van der Waals surface area contributed by atoms with Crippen molar-refractivity contribution in [2.75, 3.05) is 12.0 Å². The fraction of sp³-hybridized carbons (Fsp3) is 0.312. The van der Waals surface area contributed by atoms with E-state index in [0.29, 0.717) is 12.6 Å². The van der Waals surface area contributed by atoms with Gasteiger partial charge in [0.15, 0.2) is 0 Å². The van der Waals surface area contributed by atoms with Gasteiger partial charge < -0.3 is 14.1 Å². The van der Waals surface area contributed by atoms with Crippen LogP contribution in [-0.2, 0) is 17.7 Å². The molecule has 0 spiro atoms. The molecule has 4 heteroatoms. The van der Waals surface area contributed by atoms with Crippen LogP contribution in [-0.4, -0.2) is 19.1 Å². The summed E-state index contributed by atoms with van der Waals surface area (Å²) in [6, 6.07) is 12.3. The molecular formula is C16H17NO3. The Labute approximate surface area is 118 Å². The predicted molar refractivity (Wildman–Crippen MR) is 75.8 cm³/mol. The SMILES string of the molecule is COC(=O)c1ccc(CN2c3ccccc3CC2C)o1. The zero-order valence-electron chi connectivity index (χ0n) is 11.6. The zero-order chi connectivity index (χ0) is 14.1. The monoisotopic (exact) mass is 271 g/mol. The van der Waals surface area contributed by atoms with E-state index in [1.165, 1.54) is 18.4 Å². The Hall–Kier alpha value is -2.23. The Bertz CT molecular complexity index is 632. The molecule has 20 heavy (non-hydrogen) atoms. The fourth-order valence-corrected chi connectivity index (χ4v) is 2.71. The maximum Gasteiger partial charge on any atom is 0.373 e. The number of carbonyl (C=O) groups excluding carboxylic acids is 1. The van der Waals surface area contributed by atoms with Crippen LogP contribution in [0.5, 0.6) is 0 Å². The lowest BCUT2D eigenvalue weighted by Gasteiger charge is -2.23. The van der Waals surface area contributed by atoms with E-state index in [-0.39, 0.29) is 5.76 Å². The molecule has 1 aromatic carbocycles. The van der Waals surface area contributed by atoms with Crippen molar-refractivity contribution < 1.29 is 13.9 Å². The number of fused-ring (bicyclic) bond motifs is 1. The molecule has 0 fully saturated rings. The van der Waals surface area contributed by atoms with E-state index in [2.05, 4.69) is 34.8 Å². The maximum absolute atomic E-state index is 11.4. The number of esters is 1. The summed E-state index contributed by atoms with van der Waals surface area (Å²) in [7, 11) is 1.35. The molecular weight excluding hydrogens is 254 g/mol. The molecule has 1 aromatic heterocycles. The molecule has 0 saturated carbocycles. The lowest BCUT2D eigenvalue weighted by molar-refractivity contribution is 0.0563. The highest BCUT2D eigenvalue weighted by Gasteiger charge is 2.26. The van der Waals surface area contributed by atoms with Crippen molar-refractivity contribution in [1.82, 2.24) is 0 Å². The van der Waals surface area contributed by atoms with Gasteiger partial charge in [0.05, 0.1) is 13.7 Å². The standard InChI is InChI=1S/C16H17NO3/c1-11-9-12-5-3-4-6-14(12)17(11)10-13-7-8-15(20-13)16(18)19-2/h3-8,11H,9-10H2,1-2H3. The Balaban J connectivity index is 1.81. The van der Waals surface area contributed by atoms with Gasteiger partial charge in [0.2, 0.25) is 5.76 Å². The van der Waals surface area contributed by atoms with Gasteiger partial charge in [-0.25, -0.2) is 4.79 Å². The summed E-state index contributed by atoms with van der Waals surface area (Å²) >= 11 is 0. The molecule has 1 aliphatic rings. The highest BCUT2D eigenvalue weighted by atomic mass is 16.5. The van der Waals surface area contributed by atoms with E-state index in [1.807, 2.05) is 12.1 Å². The second-order valence-corrected chi connectivity index (χ2v) is 5.07. The molecule has 1 aliphatic heterocycles. The third kappa shape index (κ3) is 2.18. The molecule has 1 atom stereocenters. The fourth-order valence-electron chi connectivity index (χ4n) is 2.71. The van der Waals surface area contributed by atoms with Gasteiger partial charge in [-0.15, -0.1) is 0 Å². The third-order valence-electron chi connectivity index (χ3n) is 3.72. The Morgan fingerprint density at radius 2 is 2.15 bits per heavy atom. The van der Waals surface area contributed by atoms with Crippen LogP contribution in [0.4, 0.5) is 5.69 Å². The largest absolute Gasteiger partial charge is 0.463 e. The zero-order valence-corrected chi connectivity index (χ0v) is 11.6. The lowest BCUT2D eigenvalue weighted by atomic mass is 10.1. The molecule has 2 heterocycles. The molecule has 0 saturated heterocycles. The molecule has 0 radical (unpaired) electrons. The summed E-state index contributed by atoms with van der Waals surface area (Å²) in [5.74, 6) is 0.586. The number of nitrogens with zero attached hydrogens (tertiary/aromatic N) is 1. The molecule has 1 unspecified atom stereocenters. The van der Waals surface area contributed by atoms with Gasteiger partial charge in [-0.05, 0) is 37.1 Å². The molecule has 0 aliphatic carbocycles. The van der Waals surface area contributed by atoms with Gasteiger partial charge in [-0.1, -0.05) is 18.2 Å². The number of hydrogen-bond donors (Lipinski definition) is 0. The average Bonchev–Trinajstić information content (AvgIpc) is 3.04. The van der Waals surface area contributed by atoms with Crippen LogP contribution >= 0.6 is 0 Å². The third-order valence-corrected chi connectivity index (χ3v) is 3.72. The number of anilines is 1. The average molecular weight is 271 g/mol. The molecule has 3 rings (SSSR count). The van der Waals surface area contributed by atoms with Gasteiger partial charge in [0.1, 0.15) is 5.76 Å². The van der Waals surface area contributed by atoms with E-state index in [0.717, 1.165) is 12.2 Å². The summed E-state index contributed by atoms with van der Waals surface area (Å²) < 4.78 is 10.2. The topological polar surface area (TPSA) is 42.7 Å². The number of hydrogen-bond acceptors (Lipinski definition) is 4. The van der Waals surface area contributed by atoms with Crippen molar-refractivity contribution >= 4 is 11.7 Å². The summed E-state index contributed by atoms with van der Waals surface area (Å²) in [4.78, 5) is 13.7. The normalized spacial score (nSPS) is 17.1. The van der Waals surface area contributed by atoms with E-state index in [4.69, 9.17) is 4.42 Å². The second kappa shape index (κ2) is 5.04. The molecule has 104 valence electrons. The molecule has 0 bridgehead atoms. The van der Waals surface area contributed by atoms with Gasteiger partial charge >= 0.3 is 5.97 Å². The summed E-state index contributed by atoms with van der Waals surface area (Å²) in [5.41, 5.74) is 2.61. The minimum Gasteiger partial charge on any atom is -0.463 e. The molecule has 0 amide bonds. The number of benzene rings is 1. The van der Waals surface area contributed by atoms with Gasteiger partial charge in [0, 0.05) is 11.7 Å². The smallest absolute Gasteiger partial charge is 0.373 e. The van der Waals surface area contributed by atoms with Crippen molar-refractivity contribution in [3.05, 3.63) is 53.5 Å². The van der Waals surface area contributed by atoms with E-state index in [9.17, 15) is 4.79 Å². The Morgan fingerprint density at radius 3 is 2.95 bits per heavy atom. The number of ether oxygens (including phenoxy) is 1. The number of methoxy groups -OCH3 is 1. The van der Waals surface area contributed by atoms with Crippen LogP contribution in [0.1, 0.15) is 28.8 Å². The molecule has 4 nitrogen and oxygen atoms in total. The first-order valence-electron chi connectivity index (χ1n) is 6.70. The minimum absolute atomic E-state index is 0.252. The summed E-state index contributed by atoms with van der Waals surface area (Å²) in [5, 5.41) is 0. The van der Waals surface area contributed by atoms with Crippen molar-refractivity contribution in [3.8, 4) is 0 Å². The Kier molecular flexibility index (Phi) is 3.22. The van der Waals surface area contributed by atoms with Crippen LogP contribution < -0.4 is 4.90 Å². The summed E-state index contributed by atoms with van der Waals surface area (Å²) in [6.07, 6.45) is 1.04. The predicted octanol–water partition coefficient (Wildman–Crippen LogP) is 3.02. The first kappa shape index (κ1) is 12.8.